The lowest BCUT2D eigenvalue weighted by molar-refractivity contribution is -0.126. The smallest absolute Gasteiger partial charge is 0.367 e. The molecule has 1 N–H and O–H groups in total. The summed E-state index contributed by atoms with van der Waals surface area (Å²) in [5, 5.41) is 15.3. The third-order valence-corrected chi connectivity index (χ3v) is 12.5. The van der Waals surface area contributed by atoms with Gasteiger partial charge in [-0.1, -0.05) is 13.0 Å². The molecule has 3 aromatic heterocycles. The number of thiophene rings is 1. The molecule has 0 saturated carbocycles. The van der Waals surface area contributed by atoms with Crippen molar-refractivity contribution in [1.82, 2.24) is 28.6 Å². The molecule has 5 heterocycles. The fourth-order valence-electron chi connectivity index (χ4n) is 7.37. The van der Waals surface area contributed by atoms with Gasteiger partial charge in [-0.3, -0.25) is 9.80 Å². The van der Waals surface area contributed by atoms with Crippen LogP contribution >= 0.6 is 11.3 Å². The molecule has 0 aliphatic carbocycles. The molecule has 0 radical (unpaired) electrons. The minimum atomic E-state index is -4.27. The number of nitrogens with one attached hydrogen (secondary N) is 1. The van der Waals surface area contributed by atoms with Gasteiger partial charge >= 0.3 is 6.18 Å². The standard InChI is InChI=1S/C34H43F3N8O2S2/c1-5-26-20-43(12-13-45(26)49(4,46)47)22(2)18-44-27(17-38)14-29-23(3)24(6-7-31(29)44)19-42-10-8-25(9-11-42)41-32-30-15-28(16-34(35,36)37)48-33(30)40-21-39-32/h6-7,14-15,21-22,25-26H,5,8-13,16,18-20H2,1-4H3,(H,39,40,41)/t22?,26-/m0/s1. The second kappa shape index (κ2) is 14.1. The number of nitrogens with zero attached hydrogens (tertiary/aromatic N) is 7. The molecular formula is C34H43F3N8O2S2. The van der Waals surface area contributed by atoms with Gasteiger partial charge in [-0.05, 0) is 62.4 Å². The summed E-state index contributed by atoms with van der Waals surface area (Å²) in [5.41, 5.74) is 4.01. The van der Waals surface area contributed by atoms with E-state index in [9.17, 15) is 26.9 Å². The Bertz CT molecular complexity index is 1960. The molecule has 15 heteroatoms. The van der Waals surface area contributed by atoms with Crippen molar-refractivity contribution in [3.63, 3.8) is 0 Å². The number of alkyl halides is 3. The lowest BCUT2D eigenvalue weighted by Gasteiger charge is -2.42. The first kappa shape index (κ1) is 35.5. The normalized spacial score (nSPS) is 19.8. The Morgan fingerprint density at radius 2 is 1.88 bits per heavy atom. The largest absolute Gasteiger partial charge is 0.393 e. The Labute approximate surface area is 289 Å². The number of aromatic nitrogens is 3. The maximum atomic E-state index is 13.0. The van der Waals surface area contributed by atoms with E-state index in [0.29, 0.717) is 47.9 Å². The number of benzene rings is 1. The Kier molecular flexibility index (Phi) is 10.3. The zero-order valence-corrected chi connectivity index (χ0v) is 29.9. The Balaban J connectivity index is 1.09. The molecule has 10 nitrogen and oxygen atoms in total. The van der Waals surface area contributed by atoms with Crippen LogP contribution in [0.2, 0.25) is 0 Å². The molecular weight excluding hydrogens is 674 g/mol. The van der Waals surface area contributed by atoms with Crippen LogP contribution in [0.1, 0.15) is 54.8 Å². The van der Waals surface area contributed by atoms with Crippen LogP contribution in [0.5, 0.6) is 0 Å². The topological polar surface area (TPSA) is 110 Å². The van der Waals surface area contributed by atoms with Gasteiger partial charge in [0.1, 0.15) is 28.7 Å². The summed E-state index contributed by atoms with van der Waals surface area (Å²) >= 11 is 1.06. The van der Waals surface area contributed by atoms with E-state index in [1.54, 1.807) is 10.4 Å². The SMILES string of the molecule is CC[C@H]1CN(C(C)Cn2c(C#N)cc3c(C)c(CN4CCC(Nc5ncnc6sc(CC(F)(F)F)cc56)CC4)ccc32)CCN1S(C)(=O)=O. The zero-order chi connectivity index (χ0) is 35.1. The molecule has 49 heavy (non-hydrogen) atoms. The first-order chi connectivity index (χ1) is 23.2. The van der Waals surface area contributed by atoms with Crippen molar-refractivity contribution in [3.05, 3.63) is 52.3 Å². The van der Waals surface area contributed by atoms with Crippen LogP contribution in [-0.2, 0) is 29.5 Å². The number of piperazine rings is 1. The molecule has 0 bridgehead atoms. The summed E-state index contributed by atoms with van der Waals surface area (Å²) in [7, 11) is -3.25. The van der Waals surface area contributed by atoms with Crippen LogP contribution in [0.4, 0.5) is 19.0 Å². The fourth-order valence-corrected chi connectivity index (χ4v) is 9.57. The van der Waals surface area contributed by atoms with Crippen molar-refractivity contribution >= 4 is 48.3 Å². The van der Waals surface area contributed by atoms with Gasteiger partial charge in [-0.15, -0.1) is 11.3 Å². The van der Waals surface area contributed by atoms with Crippen molar-refractivity contribution in [2.45, 2.75) is 83.8 Å². The van der Waals surface area contributed by atoms with E-state index in [4.69, 9.17) is 0 Å². The highest BCUT2D eigenvalue weighted by atomic mass is 32.2. The highest BCUT2D eigenvalue weighted by Crippen LogP contribution is 2.34. The molecule has 6 rings (SSSR count). The first-order valence-electron chi connectivity index (χ1n) is 16.8. The number of nitriles is 1. The van der Waals surface area contributed by atoms with Gasteiger partial charge in [-0.25, -0.2) is 18.4 Å². The van der Waals surface area contributed by atoms with Crippen molar-refractivity contribution in [2.24, 2.45) is 0 Å². The Morgan fingerprint density at radius 3 is 2.55 bits per heavy atom. The fraction of sp³-hybridized carbons (Fsp3) is 0.559. The zero-order valence-electron chi connectivity index (χ0n) is 28.3. The average molecular weight is 717 g/mol. The summed E-state index contributed by atoms with van der Waals surface area (Å²) in [6.45, 7) is 11.2. The van der Waals surface area contributed by atoms with Gasteiger partial charge in [0.25, 0.3) is 0 Å². The lowest BCUT2D eigenvalue weighted by atomic mass is 10.0. The van der Waals surface area contributed by atoms with Gasteiger partial charge < -0.3 is 9.88 Å². The third-order valence-electron chi connectivity index (χ3n) is 10.1. The molecule has 0 amide bonds. The van der Waals surface area contributed by atoms with Crippen molar-refractivity contribution < 1.29 is 21.6 Å². The molecule has 4 aromatic rings. The maximum absolute atomic E-state index is 13.0. The van der Waals surface area contributed by atoms with E-state index in [0.717, 1.165) is 66.7 Å². The van der Waals surface area contributed by atoms with E-state index in [1.165, 1.54) is 18.1 Å². The highest BCUT2D eigenvalue weighted by molar-refractivity contribution is 7.88. The number of halogens is 3. The number of aryl methyl sites for hydroxylation is 1. The molecule has 264 valence electrons. The summed E-state index contributed by atoms with van der Waals surface area (Å²) in [6, 6.07) is 10.4. The second-order valence-electron chi connectivity index (χ2n) is 13.5. The van der Waals surface area contributed by atoms with Crippen LogP contribution < -0.4 is 5.32 Å². The van der Waals surface area contributed by atoms with E-state index in [2.05, 4.69) is 61.7 Å². The summed E-state index contributed by atoms with van der Waals surface area (Å²) in [4.78, 5) is 14.1. The number of likely N-dealkylation sites (tertiary alicyclic amines) is 1. The van der Waals surface area contributed by atoms with Gasteiger partial charge in [0.15, 0.2) is 0 Å². The molecule has 2 aliphatic rings. The molecule has 1 unspecified atom stereocenters. The average Bonchev–Trinajstić information content (AvgIpc) is 3.62. The third kappa shape index (κ3) is 7.88. The summed E-state index contributed by atoms with van der Waals surface area (Å²) in [5.74, 6) is 0.586. The van der Waals surface area contributed by atoms with Gasteiger partial charge in [0.2, 0.25) is 10.0 Å². The highest BCUT2D eigenvalue weighted by Gasteiger charge is 2.34. The predicted molar refractivity (Wildman–Crippen MR) is 187 cm³/mol. The van der Waals surface area contributed by atoms with Crippen LogP contribution in [-0.4, -0.2) is 100 Å². The number of rotatable bonds is 10. The van der Waals surface area contributed by atoms with Gasteiger partial charge in [0.05, 0.1) is 18.1 Å². The van der Waals surface area contributed by atoms with E-state index in [-0.39, 0.29) is 23.0 Å². The number of fused-ring (bicyclic) bond motifs is 2. The quantitative estimate of drug-likeness (QED) is 0.221. The number of hydrogen-bond donors (Lipinski definition) is 1. The molecule has 0 spiro atoms. The number of sulfonamides is 1. The number of piperidine rings is 1. The molecule has 2 saturated heterocycles. The van der Waals surface area contributed by atoms with Crippen LogP contribution in [0.3, 0.4) is 0 Å². The van der Waals surface area contributed by atoms with Crippen molar-refractivity contribution in [3.8, 4) is 6.07 Å². The van der Waals surface area contributed by atoms with Crippen molar-refractivity contribution in [1.29, 1.82) is 5.26 Å². The molecule has 2 fully saturated rings. The molecule has 1 aromatic carbocycles. The second-order valence-corrected chi connectivity index (χ2v) is 16.5. The monoisotopic (exact) mass is 716 g/mol. The van der Waals surface area contributed by atoms with E-state index >= 15 is 0 Å². The number of anilines is 1. The maximum Gasteiger partial charge on any atom is 0.393 e. The molecule has 2 aliphatic heterocycles. The molecule has 2 atom stereocenters. The van der Waals surface area contributed by atoms with E-state index in [1.807, 2.05) is 13.0 Å². The Hall–Kier alpha value is -3.29. The minimum absolute atomic E-state index is 0.0576. The predicted octanol–water partition coefficient (Wildman–Crippen LogP) is 5.75. The van der Waals surface area contributed by atoms with Crippen molar-refractivity contribution in [2.75, 3.05) is 44.3 Å². The summed E-state index contributed by atoms with van der Waals surface area (Å²) < 4.78 is 67.2. The van der Waals surface area contributed by atoms with Crippen LogP contribution in [0, 0.1) is 18.3 Å². The first-order valence-corrected chi connectivity index (χ1v) is 19.4. The van der Waals surface area contributed by atoms with Crippen LogP contribution in [0.25, 0.3) is 21.1 Å². The van der Waals surface area contributed by atoms with E-state index < -0.39 is 22.6 Å². The van der Waals surface area contributed by atoms with Crippen LogP contribution in [0.15, 0.2) is 30.6 Å². The van der Waals surface area contributed by atoms with Gasteiger partial charge in [-0.2, -0.15) is 22.7 Å². The van der Waals surface area contributed by atoms with Gasteiger partial charge in [0, 0.05) is 79.7 Å². The minimum Gasteiger partial charge on any atom is -0.367 e. The lowest BCUT2D eigenvalue weighted by Crippen LogP contribution is -2.57. The summed E-state index contributed by atoms with van der Waals surface area (Å²) in [6.07, 6.45) is -0.0571. The Morgan fingerprint density at radius 1 is 1.12 bits per heavy atom. The number of hydrogen-bond acceptors (Lipinski definition) is 9.